The number of ether oxygens (including phenoxy) is 1. The zero-order valence-electron chi connectivity index (χ0n) is 14.5. The Balaban J connectivity index is 1.65. The second-order valence-electron chi connectivity index (χ2n) is 6.62. The molecule has 0 radical (unpaired) electrons. The summed E-state index contributed by atoms with van der Waals surface area (Å²) in [4.78, 5) is 14.8. The third kappa shape index (κ3) is 4.31. The molecule has 3 rings (SSSR count). The smallest absolute Gasteiger partial charge is 0.167 e. The van der Waals surface area contributed by atoms with Crippen molar-refractivity contribution in [2.24, 2.45) is 0 Å². The normalized spacial score (nSPS) is 15.4. The van der Waals surface area contributed by atoms with Crippen LogP contribution in [-0.4, -0.2) is 37.0 Å². The molecule has 1 fully saturated rings. The Morgan fingerprint density at radius 3 is 2.42 bits per heavy atom. The molecule has 2 aromatic rings. The van der Waals surface area contributed by atoms with E-state index in [2.05, 4.69) is 30.0 Å². The lowest BCUT2D eigenvalue weighted by Crippen LogP contribution is -2.35. The number of benzene rings is 2. The van der Waals surface area contributed by atoms with Crippen LogP contribution in [0.25, 0.3) is 0 Å². The monoisotopic (exact) mass is 323 g/mol. The molecule has 3 heteroatoms. The second-order valence-corrected chi connectivity index (χ2v) is 6.62. The van der Waals surface area contributed by atoms with Crippen molar-refractivity contribution in [1.29, 1.82) is 0 Å². The third-order valence-electron chi connectivity index (χ3n) is 4.64. The number of ketones is 1. The highest BCUT2D eigenvalue weighted by molar-refractivity contribution is 5.97. The number of morpholine rings is 1. The molecule has 126 valence electrons. The maximum absolute atomic E-state index is 12.4. The van der Waals surface area contributed by atoms with Gasteiger partial charge in [-0.1, -0.05) is 48.0 Å². The van der Waals surface area contributed by atoms with E-state index in [-0.39, 0.29) is 5.78 Å². The molecule has 0 aliphatic carbocycles. The van der Waals surface area contributed by atoms with Crippen LogP contribution < -0.4 is 0 Å². The first kappa shape index (κ1) is 16.9. The van der Waals surface area contributed by atoms with Crippen LogP contribution in [0.2, 0.25) is 0 Å². The minimum absolute atomic E-state index is 0.176. The molecule has 0 N–H and O–H groups in total. The maximum Gasteiger partial charge on any atom is 0.167 e. The van der Waals surface area contributed by atoms with Gasteiger partial charge in [0.05, 0.1) is 13.2 Å². The van der Waals surface area contributed by atoms with E-state index >= 15 is 0 Å². The minimum atomic E-state index is 0.176. The van der Waals surface area contributed by atoms with E-state index in [1.807, 2.05) is 31.2 Å². The van der Waals surface area contributed by atoms with Gasteiger partial charge in [0, 0.05) is 31.6 Å². The topological polar surface area (TPSA) is 29.5 Å². The lowest BCUT2D eigenvalue weighted by molar-refractivity contribution is 0.0341. The molecule has 0 saturated carbocycles. The molecule has 3 nitrogen and oxygen atoms in total. The van der Waals surface area contributed by atoms with Crippen LogP contribution in [-0.2, 0) is 17.7 Å². The lowest BCUT2D eigenvalue weighted by Gasteiger charge is -2.27. The molecule has 1 heterocycles. The van der Waals surface area contributed by atoms with Gasteiger partial charge < -0.3 is 4.74 Å². The van der Waals surface area contributed by atoms with E-state index in [4.69, 9.17) is 4.74 Å². The quantitative estimate of drug-likeness (QED) is 0.788. The Morgan fingerprint density at radius 2 is 1.75 bits per heavy atom. The van der Waals surface area contributed by atoms with Gasteiger partial charge in [-0.2, -0.15) is 0 Å². The van der Waals surface area contributed by atoms with Crippen LogP contribution in [0.1, 0.15) is 32.6 Å². The van der Waals surface area contributed by atoms with Crippen LogP contribution in [0, 0.1) is 13.8 Å². The number of carbonyl (C=O) groups is 1. The summed E-state index contributed by atoms with van der Waals surface area (Å²) in [6, 6.07) is 14.2. The van der Waals surface area contributed by atoms with Crippen molar-refractivity contribution in [3.05, 3.63) is 70.3 Å². The Kier molecular flexibility index (Phi) is 5.44. The van der Waals surface area contributed by atoms with E-state index in [0.717, 1.165) is 44.0 Å². The van der Waals surface area contributed by atoms with Gasteiger partial charge in [-0.15, -0.1) is 0 Å². The molecule has 0 aromatic heterocycles. The van der Waals surface area contributed by atoms with Crippen molar-refractivity contribution in [1.82, 2.24) is 4.90 Å². The van der Waals surface area contributed by atoms with Crippen molar-refractivity contribution in [2.75, 3.05) is 26.3 Å². The zero-order valence-corrected chi connectivity index (χ0v) is 14.5. The van der Waals surface area contributed by atoms with E-state index in [1.54, 1.807) is 0 Å². The molecular weight excluding hydrogens is 298 g/mol. The SMILES string of the molecule is Cc1ccc(C(=O)Cc2ccc(CN3CCOCC3)c(C)c2)cc1. The standard InChI is InChI=1S/C21H25NO2/c1-16-3-6-19(7-4-16)21(23)14-18-5-8-20(17(2)13-18)15-22-9-11-24-12-10-22/h3-8,13H,9-12,14-15H2,1-2H3. The number of rotatable bonds is 5. The van der Waals surface area contributed by atoms with Crippen LogP contribution in [0.5, 0.6) is 0 Å². The van der Waals surface area contributed by atoms with E-state index in [9.17, 15) is 4.79 Å². The van der Waals surface area contributed by atoms with Crippen LogP contribution in [0.15, 0.2) is 42.5 Å². The number of nitrogens with zero attached hydrogens (tertiary/aromatic N) is 1. The molecular formula is C21H25NO2. The lowest BCUT2D eigenvalue weighted by atomic mass is 9.98. The summed E-state index contributed by atoms with van der Waals surface area (Å²) in [6.45, 7) is 8.76. The van der Waals surface area contributed by atoms with Gasteiger partial charge in [-0.25, -0.2) is 0 Å². The Hall–Kier alpha value is -1.97. The summed E-state index contributed by atoms with van der Waals surface area (Å²) in [5, 5.41) is 0. The van der Waals surface area contributed by atoms with Crippen LogP contribution in [0.3, 0.4) is 0 Å². The summed E-state index contributed by atoms with van der Waals surface area (Å²) >= 11 is 0. The van der Waals surface area contributed by atoms with Crippen LogP contribution >= 0.6 is 0 Å². The minimum Gasteiger partial charge on any atom is -0.379 e. The average molecular weight is 323 g/mol. The summed E-state index contributed by atoms with van der Waals surface area (Å²) in [5.74, 6) is 0.176. The molecule has 1 aliphatic rings. The van der Waals surface area contributed by atoms with Gasteiger partial charge in [0.1, 0.15) is 0 Å². The van der Waals surface area contributed by atoms with Gasteiger partial charge in [-0.3, -0.25) is 9.69 Å². The van der Waals surface area contributed by atoms with Gasteiger partial charge >= 0.3 is 0 Å². The molecule has 2 aromatic carbocycles. The van der Waals surface area contributed by atoms with Crippen LogP contribution in [0.4, 0.5) is 0 Å². The Morgan fingerprint density at radius 1 is 1.04 bits per heavy atom. The first-order chi connectivity index (χ1) is 11.6. The first-order valence-corrected chi connectivity index (χ1v) is 8.60. The van der Waals surface area contributed by atoms with E-state index in [0.29, 0.717) is 6.42 Å². The van der Waals surface area contributed by atoms with E-state index in [1.165, 1.54) is 16.7 Å². The summed E-state index contributed by atoms with van der Waals surface area (Å²) < 4.78 is 5.40. The fraction of sp³-hybridized carbons (Fsp3) is 0.381. The summed E-state index contributed by atoms with van der Waals surface area (Å²) in [5.41, 5.74) is 5.65. The average Bonchev–Trinajstić information content (AvgIpc) is 2.59. The molecule has 24 heavy (non-hydrogen) atoms. The predicted molar refractivity (Wildman–Crippen MR) is 96.5 cm³/mol. The molecule has 0 spiro atoms. The Labute approximate surface area is 144 Å². The third-order valence-corrected chi connectivity index (χ3v) is 4.64. The molecule has 0 bridgehead atoms. The zero-order chi connectivity index (χ0) is 16.9. The molecule has 1 aliphatic heterocycles. The summed E-state index contributed by atoms with van der Waals surface area (Å²) in [7, 11) is 0. The molecule has 1 saturated heterocycles. The van der Waals surface area contributed by atoms with Crippen molar-refractivity contribution in [3.63, 3.8) is 0 Å². The van der Waals surface area contributed by atoms with Crippen molar-refractivity contribution >= 4 is 5.78 Å². The van der Waals surface area contributed by atoms with Gasteiger partial charge in [0.15, 0.2) is 5.78 Å². The number of carbonyl (C=O) groups excluding carboxylic acids is 1. The number of Topliss-reactive ketones (excluding diaryl/α,β-unsaturated/α-hetero) is 1. The first-order valence-electron chi connectivity index (χ1n) is 8.60. The van der Waals surface area contributed by atoms with Crippen molar-refractivity contribution in [3.8, 4) is 0 Å². The molecule has 0 unspecified atom stereocenters. The van der Waals surface area contributed by atoms with Gasteiger partial charge in [-0.05, 0) is 30.5 Å². The van der Waals surface area contributed by atoms with E-state index < -0.39 is 0 Å². The van der Waals surface area contributed by atoms with Crippen molar-refractivity contribution < 1.29 is 9.53 Å². The fourth-order valence-electron chi connectivity index (χ4n) is 3.07. The highest BCUT2D eigenvalue weighted by Crippen LogP contribution is 2.16. The number of hydrogen-bond donors (Lipinski definition) is 0. The molecule has 0 atom stereocenters. The highest BCUT2D eigenvalue weighted by Gasteiger charge is 2.13. The van der Waals surface area contributed by atoms with Gasteiger partial charge in [0.25, 0.3) is 0 Å². The second kappa shape index (κ2) is 7.73. The Bertz CT molecular complexity index is 700. The number of hydrogen-bond acceptors (Lipinski definition) is 3. The van der Waals surface area contributed by atoms with Gasteiger partial charge in [0.2, 0.25) is 0 Å². The predicted octanol–water partition coefficient (Wildman–Crippen LogP) is 3.56. The molecule has 0 amide bonds. The fourth-order valence-corrected chi connectivity index (χ4v) is 3.07. The largest absolute Gasteiger partial charge is 0.379 e. The summed E-state index contributed by atoms with van der Waals surface area (Å²) in [6.07, 6.45) is 0.460. The van der Waals surface area contributed by atoms with Crippen molar-refractivity contribution in [2.45, 2.75) is 26.8 Å². The maximum atomic E-state index is 12.4. The number of aryl methyl sites for hydroxylation is 2. The highest BCUT2D eigenvalue weighted by atomic mass is 16.5.